The molecule has 1 aromatic heterocycles. The Bertz CT molecular complexity index is 984. The van der Waals surface area contributed by atoms with Crippen molar-refractivity contribution in [3.63, 3.8) is 0 Å². The molecule has 0 aliphatic rings. The van der Waals surface area contributed by atoms with Gasteiger partial charge >= 0.3 is 10.8 Å². The second-order valence-electron chi connectivity index (χ2n) is 5.74. The van der Waals surface area contributed by atoms with Crippen LogP contribution < -0.4 is 4.87 Å². The van der Waals surface area contributed by atoms with E-state index in [1.807, 2.05) is 32.0 Å². The van der Waals surface area contributed by atoms with Crippen molar-refractivity contribution >= 4 is 27.5 Å². The Labute approximate surface area is 142 Å². The highest BCUT2D eigenvalue weighted by Crippen LogP contribution is 2.30. The summed E-state index contributed by atoms with van der Waals surface area (Å²) in [6.07, 6.45) is 0. The van der Waals surface area contributed by atoms with E-state index in [9.17, 15) is 14.7 Å². The predicted molar refractivity (Wildman–Crippen MR) is 94.9 cm³/mol. The van der Waals surface area contributed by atoms with E-state index in [1.54, 1.807) is 10.6 Å². The topological polar surface area (TPSA) is 68.5 Å². The number of aromatic nitrogens is 1. The van der Waals surface area contributed by atoms with Crippen molar-refractivity contribution < 1.29 is 14.6 Å². The van der Waals surface area contributed by atoms with Gasteiger partial charge in [0.1, 0.15) is 11.3 Å². The molecule has 0 saturated heterocycles. The van der Waals surface area contributed by atoms with E-state index in [0.29, 0.717) is 0 Å². The molecule has 0 bridgehead atoms. The highest BCUT2D eigenvalue weighted by molar-refractivity contribution is 7.16. The molecule has 3 aromatic rings. The molecule has 5 nitrogen and oxygen atoms in total. The normalized spacial score (nSPS) is 11.2. The van der Waals surface area contributed by atoms with Crippen LogP contribution in [0, 0.1) is 0 Å². The van der Waals surface area contributed by atoms with Crippen molar-refractivity contribution in [1.29, 1.82) is 0 Å². The van der Waals surface area contributed by atoms with Gasteiger partial charge in [0, 0.05) is 6.04 Å². The average molecular weight is 343 g/mol. The highest BCUT2D eigenvalue weighted by Gasteiger charge is 2.14. The van der Waals surface area contributed by atoms with Crippen LogP contribution in [0.1, 0.15) is 30.2 Å². The van der Waals surface area contributed by atoms with Crippen LogP contribution in [0.3, 0.4) is 0 Å². The molecule has 0 aliphatic carbocycles. The lowest BCUT2D eigenvalue weighted by molar-refractivity contribution is 0.0597. The van der Waals surface area contributed by atoms with Crippen molar-refractivity contribution in [2.45, 2.75) is 19.9 Å². The third-order valence-electron chi connectivity index (χ3n) is 3.87. The number of ether oxygens (including phenoxy) is 1. The van der Waals surface area contributed by atoms with E-state index >= 15 is 0 Å². The number of aromatic hydroxyl groups is 1. The van der Waals surface area contributed by atoms with Crippen molar-refractivity contribution in [3.8, 4) is 16.9 Å². The molecule has 24 heavy (non-hydrogen) atoms. The van der Waals surface area contributed by atoms with Gasteiger partial charge in [0.15, 0.2) is 0 Å². The van der Waals surface area contributed by atoms with Crippen LogP contribution in [0.4, 0.5) is 0 Å². The number of nitrogens with zero attached hydrogens (tertiary/aromatic N) is 1. The molecule has 6 heteroatoms. The minimum atomic E-state index is -0.582. The van der Waals surface area contributed by atoms with Crippen LogP contribution >= 0.6 is 11.3 Å². The van der Waals surface area contributed by atoms with E-state index in [-0.39, 0.29) is 22.2 Å². The maximum atomic E-state index is 12.1. The first-order valence-corrected chi connectivity index (χ1v) is 8.31. The first-order valence-electron chi connectivity index (χ1n) is 7.49. The number of benzene rings is 2. The standard InChI is InChI=1S/C18H17NO4S/c1-10(2)19-14-7-5-12(9-16(14)24-18(19)22)11-4-6-13(15(20)8-11)17(21)23-3/h4-10,20H,1-3H3. The van der Waals surface area contributed by atoms with Crippen molar-refractivity contribution in [2.75, 3.05) is 7.11 Å². The van der Waals surface area contributed by atoms with Crippen LogP contribution in [0.2, 0.25) is 0 Å². The molecule has 1 heterocycles. The summed E-state index contributed by atoms with van der Waals surface area (Å²) in [6, 6.07) is 10.6. The number of rotatable bonds is 3. The monoisotopic (exact) mass is 343 g/mol. The van der Waals surface area contributed by atoms with Gasteiger partial charge in [0.25, 0.3) is 0 Å². The van der Waals surface area contributed by atoms with Gasteiger partial charge in [-0.2, -0.15) is 0 Å². The Kier molecular flexibility index (Phi) is 4.15. The van der Waals surface area contributed by atoms with Gasteiger partial charge < -0.3 is 9.84 Å². The molecule has 0 atom stereocenters. The van der Waals surface area contributed by atoms with E-state index < -0.39 is 5.97 Å². The van der Waals surface area contributed by atoms with E-state index in [0.717, 1.165) is 21.3 Å². The van der Waals surface area contributed by atoms with Crippen molar-refractivity contribution in [2.24, 2.45) is 0 Å². The molecule has 124 valence electrons. The molecule has 0 fully saturated rings. The van der Waals surface area contributed by atoms with Crippen LogP contribution in [-0.2, 0) is 4.74 Å². The predicted octanol–water partition coefficient (Wildman–Crippen LogP) is 3.80. The summed E-state index contributed by atoms with van der Waals surface area (Å²) in [7, 11) is 1.27. The SMILES string of the molecule is COC(=O)c1ccc(-c2ccc3c(c2)sc(=O)n3C(C)C)cc1O. The molecule has 0 unspecified atom stereocenters. The van der Waals surface area contributed by atoms with Crippen LogP contribution in [0.25, 0.3) is 21.3 Å². The summed E-state index contributed by atoms with van der Waals surface area (Å²) in [4.78, 5) is 23.7. The lowest BCUT2D eigenvalue weighted by atomic mass is 10.0. The number of methoxy groups -OCH3 is 1. The molecular formula is C18H17NO4S. The van der Waals surface area contributed by atoms with Crippen LogP contribution in [-0.4, -0.2) is 22.8 Å². The Morgan fingerprint density at radius 3 is 2.46 bits per heavy atom. The zero-order valence-electron chi connectivity index (χ0n) is 13.6. The second-order valence-corrected chi connectivity index (χ2v) is 6.73. The number of phenolic OH excluding ortho intramolecular Hbond substituents is 1. The number of thiazole rings is 1. The number of carbonyl (C=O) groups excluding carboxylic acids is 1. The minimum absolute atomic E-state index is 0.0148. The number of phenols is 1. The zero-order chi connectivity index (χ0) is 17.4. The highest BCUT2D eigenvalue weighted by atomic mass is 32.1. The van der Waals surface area contributed by atoms with Gasteiger partial charge in [-0.25, -0.2) is 4.79 Å². The lowest BCUT2D eigenvalue weighted by Crippen LogP contribution is -2.14. The summed E-state index contributed by atoms with van der Waals surface area (Å²) >= 11 is 1.20. The summed E-state index contributed by atoms with van der Waals surface area (Å²) in [5.41, 5.74) is 2.66. The summed E-state index contributed by atoms with van der Waals surface area (Å²) < 4.78 is 7.28. The van der Waals surface area contributed by atoms with E-state index in [1.165, 1.54) is 30.6 Å². The van der Waals surface area contributed by atoms with Gasteiger partial charge in [-0.3, -0.25) is 9.36 Å². The van der Waals surface area contributed by atoms with Crippen molar-refractivity contribution in [3.05, 3.63) is 51.6 Å². The fourth-order valence-corrected chi connectivity index (χ4v) is 3.75. The smallest absolute Gasteiger partial charge is 0.341 e. The van der Waals surface area contributed by atoms with E-state index in [4.69, 9.17) is 0 Å². The van der Waals surface area contributed by atoms with Gasteiger partial charge in [0.05, 0.1) is 17.3 Å². The average Bonchev–Trinajstić information content (AvgIpc) is 2.88. The molecule has 0 saturated carbocycles. The Morgan fingerprint density at radius 1 is 1.17 bits per heavy atom. The van der Waals surface area contributed by atoms with Gasteiger partial charge in [0.2, 0.25) is 0 Å². The Morgan fingerprint density at radius 2 is 1.83 bits per heavy atom. The van der Waals surface area contributed by atoms with Crippen LogP contribution in [0.15, 0.2) is 41.2 Å². The maximum Gasteiger partial charge on any atom is 0.341 e. The first-order chi connectivity index (χ1) is 11.4. The lowest BCUT2D eigenvalue weighted by Gasteiger charge is -2.09. The second kappa shape index (κ2) is 6.13. The van der Waals surface area contributed by atoms with Crippen molar-refractivity contribution in [1.82, 2.24) is 4.57 Å². The molecule has 0 radical (unpaired) electrons. The van der Waals surface area contributed by atoms with Crippen LogP contribution in [0.5, 0.6) is 5.75 Å². The number of hydrogen-bond acceptors (Lipinski definition) is 5. The summed E-state index contributed by atoms with van der Waals surface area (Å²) in [5.74, 6) is -0.714. The first kappa shape index (κ1) is 16.3. The number of carbonyl (C=O) groups is 1. The largest absolute Gasteiger partial charge is 0.507 e. The number of hydrogen-bond donors (Lipinski definition) is 1. The fourth-order valence-electron chi connectivity index (χ4n) is 2.70. The zero-order valence-corrected chi connectivity index (χ0v) is 14.4. The summed E-state index contributed by atoms with van der Waals surface area (Å²) in [6.45, 7) is 3.95. The van der Waals surface area contributed by atoms with Gasteiger partial charge in [-0.15, -0.1) is 0 Å². The summed E-state index contributed by atoms with van der Waals surface area (Å²) in [5, 5.41) is 10.0. The van der Waals surface area contributed by atoms with Gasteiger partial charge in [-0.1, -0.05) is 23.5 Å². The Balaban J connectivity index is 2.09. The van der Waals surface area contributed by atoms with E-state index in [2.05, 4.69) is 4.74 Å². The van der Waals surface area contributed by atoms with Gasteiger partial charge in [-0.05, 0) is 49.2 Å². The number of esters is 1. The Hall–Kier alpha value is -2.60. The quantitative estimate of drug-likeness (QED) is 0.735. The minimum Gasteiger partial charge on any atom is -0.507 e. The molecule has 0 aliphatic heterocycles. The molecule has 2 aromatic carbocycles. The molecule has 0 amide bonds. The fraction of sp³-hybridized carbons (Fsp3) is 0.222. The molecule has 3 rings (SSSR count). The molecule has 0 spiro atoms. The maximum absolute atomic E-state index is 12.1. The third-order valence-corrected chi connectivity index (χ3v) is 4.78. The third kappa shape index (κ3) is 2.69. The molecular weight excluding hydrogens is 326 g/mol. The molecule has 1 N–H and O–H groups in total. The number of fused-ring (bicyclic) bond motifs is 1.